The first-order valence-corrected chi connectivity index (χ1v) is 7.12. The Hall–Kier alpha value is -1.43. The van der Waals surface area contributed by atoms with Gasteiger partial charge in [-0.1, -0.05) is 6.92 Å². The highest BCUT2D eigenvalue weighted by Gasteiger charge is 2.51. The first-order valence-electron chi connectivity index (χ1n) is 7.12. The summed E-state index contributed by atoms with van der Waals surface area (Å²) >= 11 is 0. The molecule has 2 amide bonds. The summed E-state index contributed by atoms with van der Waals surface area (Å²) in [7, 11) is 0. The third kappa shape index (κ3) is 2.85. The highest BCUT2D eigenvalue weighted by Crippen LogP contribution is 2.42. The van der Waals surface area contributed by atoms with E-state index in [4.69, 9.17) is 4.74 Å². The zero-order valence-corrected chi connectivity index (χ0v) is 11.9. The number of hydrogen-bond acceptors (Lipinski definition) is 5. The molecule has 1 heterocycles. The number of carbonyl (C=O) groups excluding carboxylic acids is 3. The van der Waals surface area contributed by atoms with Crippen molar-refractivity contribution in [3.63, 3.8) is 0 Å². The lowest BCUT2D eigenvalue weighted by Gasteiger charge is -2.20. The summed E-state index contributed by atoms with van der Waals surface area (Å²) < 4.78 is 4.73. The number of rotatable bonds is 5. The maximum absolute atomic E-state index is 12.2. The van der Waals surface area contributed by atoms with Crippen molar-refractivity contribution < 1.29 is 24.2 Å². The molecule has 0 aromatic carbocycles. The number of esters is 1. The monoisotopic (exact) mass is 283 g/mol. The maximum atomic E-state index is 12.2. The van der Waals surface area contributed by atoms with E-state index in [-0.39, 0.29) is 43.2 Å². The highest BCUT2D eigenvalue weighted by atomic mass is 16.5. The molecule has 0 aromatic heterocycles. The molecule has 0 aromatic rings. The van der Waals surface area contributed by atoms with E-state index in [1.165, 1.54) is 0 Å². The number of β-amino-alcohol motifs (C(OH)–C–C–N with tert-alkyl or cyclic N) is 1. The van der Waals surface area contributed by atoms with Gasteiger partial charge in [0.1, 0.15) is 0 Å². The molecule has 6 nitrogen and oxygen atoms in total. The molecule has 20 heavy (non-hydrogen) atoms. The van der Waals surface area contributed by atoms with Crippen LogP contribution in [-0.4, -0.2) is 47.0 Å². The minimum absolute atomic E-state index is 0.113. The molecule has 0 bridgehead atoms. The Kier molecular flexibility index (Phi) is 4.42. The SMILES string of the molecule is CCOC(=O)CC(O)CN1C(=O)C2CC(C)CC2C1=O. The van der Waals surface area contributed by atoms with Crippen molar-refractivity contribution in [1.29, 1.82) is 0 Å². The van der Waals surface area contributed by atoms with Crippen LogP contribution in [0.5, 0.6) is 0 Å². The number of aliphatic hydroxyl groups is 1. The average Bonchev–Trinajstić information content (AvgIpc) is 2.84. The Balaban J connectivity index is 1.92. The van der Waals surface area contributed by atoms with E-state index in [0.717, 1.165) is 17.7 Å². The van der Waals surface area contributed by atoms with Gasteiger partial charge in [0.2, 0.25) is 11.8 Å². The molecular formula is C14H21NO5. The minimum Gasteiger partial charge on any atom is -0.466 e. The van der Waals surface area contributed by atoms with Crippen LogP contribution in [0.2, 0.25) is 0 Å². The fourth-order valence-corrected chi connectivity index (χ4v) is 3.21. The van der Waals surface area contributed by atoms with Crippen LogP contribution in [-0.2, 0) is 19.1 Å². The van der Waals surface area contributed by atoms with Gasteiger partial charge in [-0.25, -0.2) is 0 Å². The van der Waals surface area contributed by atoms with Gasteiger partial charge in [-0.2, -0.15) is 0 Å². The van der Waals surface area contributed by atoms with Gasteiger partial charge in [0.05, 0.1) is 37.5 Å². The van der Waals surface area contributed by atoms with Crippen LogP contribution in [0.1, 0.15) is 33.1 Å². The van der Waals surface area contributed by atoms with Crippen molar-refractivity contribution in [2.45, 2.75) is 39.2 Å². The average molecular weight is 283 g/mol. The molecule has 112 valence electrons. The van der Waals surface area contributed by atoms with E-state index in [0.29, 0.717) is 5.92 Å². The van der Waals surface area contributed by atoms with Crippen molar-refractivity contribution in [1.82, 2.24) is 4.90 Å². The van der Waals surface area contributed by atoms with Crippen LogP contribution in [0.15, 0.2) is 0 Å². The van der Waals surface area contributed by atoms with Crippen molar-refractivity contribution in [3.05, 3.63) is 0 Å². The first-order chi connectivity index (χ1) is 9.43. The van der Waals surface area contributed by atoms with E-state index in [9.17, 15) is 19.5 Å². The minimum atomic E-state index is -1.06. The molecule has 2 fully saturated rings. The van der Waals surface area contributed by atoms with Crippen molar-refractivity contribution in [3.8, 4) is 0 Å². The van der Waals surface area contributed by atoms with E-state index >= 15 is 0 Å². The zero-order valence-electron chi connectivity index (χ0n) is 11.9. The molecule has 1 saturated carbocycles. The van der Waals surface area contributed by atoms with Crippen LogP contribution >= 0.6 is 0 Å². The topological polar surface area (TPSA) is 83.9 Å². The van der Waals surface area contributed by atoms with E-state index < -0.39 is 12.1 Å². The lowest BCUT2D eigenvalue weighted by Crippen LogP contribution is -2.39. The molecule has 6 heteroatoms. The smallest absolute Gasteiger partial charge is 0.308 e. The van der Waals surface area contributed by atoms with Gasteiger partial charge in [0, 0.05) is 0 Å². The van der Waals surface area contributed by atoms with Gasteiger partial charge in [-0.15, -0.1) is 0 Å². The second-order valence-electron chi connectivity index (χ2n) is 5.74. The van der Waals surface area contributed by atoms with E-state index in [1.54, 1.807) is 6.92 Å². The molecule has 0 radical (unpaired) electrons. The zero-order chi connectivity index (χ0) is 14.9. The Bertz CT molecular complexity index is 398. The van der Waals surface area contributed by atoms with Gasteiger partial charge in [-0.05, 0) is 25.7 Å². The number of aliphatic hydroxyl groups excluding tert-OH is 1. The molecule has 1 aliphatic heterocycles. The van der Waals surface area contributed by atoms with Crippen LogP contribution in [0.3, 0.4) is 0 Å². The Morgan fingerprint density at radius 3 is 2.40 bits per heavy atom. The standard InChI is InChI=1S/C14H21NO5/c1-3-20-12(17)6-9(16)7-15-13(18)10-4-8(2)5-11(10)14(15)19/h8-11,16H,3-7H2,1-2H3. The second kappa shape index (κ2) is 5.91. The fourth-order valence-electron chi connectivity index (χ4n) is 3.21. The highest BCUT2D eigenvalue weighted by molar-refractivity contribution is 6.05. The van der Waals surface area contributed by atoms with Gasteiger partial charge >= 0.3 is 5.97 Å². The number of carbonyl (C=O) groups is 3. The summed E-state index contributed by atoms with van der Waals surface area (Å²) in [5, 5.41) is 9.81. The predicted octanol–water partition coefficient (Wildman–Crippen LogP) is 0.332. The van der Waals surface area contributed by atoms with Crippen LogP contribution in [0.4, 0.5) is 0 Å². The van der Waals surface area contributed by atoms with Crippen molar-refractivity contribution >= 4 is 17.8 Å². The third-order valence-corrected chi connectivity index (χ3v) is 4.07. The van der Waals surface area contributed by atoms with Crippen molar-refractivity contribution in [2.24, 2.45) is 17.8 Å². The molecule has 3 unspecified atom stereocenters. The van der Waals surface area contributed by atoms with Gasteiger partial charge in [-0.3, -0.25) is 19.3 Å². The van der Waals surface area contributed by atoms with E-state index in [1.807, 2.05) is 6.92 Å². The molecule has 1 N–H and O–H groups in total. The number of hydrogen-bond donors (Lipinski definition) is 1. The Morgan fingerprint density at radius 1 is 1.35 bits per heavy atom. The van der Waals surface area contributed by atoms with Gasteiger partial charge < -0.3 is 9.84 Å². The lowest BCUT2D eigenvalue weighted by atomic mass is 10.00. The summed E-state index contributed by atoms with van der Waals surface area (Å²) in [6.45, 7) is 3.85. The Morgan fingerprint density at radius 2 is 1.90 bits per heavy atom. The molecule has 1 saturated heterocycles. The molecule has 2 rings (SSSR count). The number of imide groups is 1. The number of fused-ring (bicyclic) bond motifs is 1. The van der Waals surface area contributed by atoms with Crippen LogP contribution < -0.4 is 0 Å². The summed E-state index contributed by atoms with van der Waals surface area (Å²) in [5.41, 5.74) is 0. The summed E-state index contributed by atoms with van der Waals surface area (Å²) in [6, 6.07) is 0. The molecule has 3 atom stereocenters. The van der Waals surface area contributed by atoms with Crippen LogP contribution in [0, 0.1) is 17.8 Å². The van der Waals surface area contributed by atoms with Crippen LogP contribution in [0.25, 0.3) is 0 Å². The number of likely N-dealkylation sites (tertiary alicyclic amines) is 1. The number of nitrogens with zero attached hydrogens (tertiary/aromatic N) is 1. The molecular weight excluding hydrogens is 262 g/mol. The summed E-state index contributed by atoms with van der Waals surface area (Å²) in [4.78, 5) is 36.7. The third-order valence-electron chi connectivity index (χ3n) is 4.07. The van der Waals surface area contributed by atoms with Gasteiger partial charge in [0.15, 0.2) is 0 Å². The Labute approximate surface area is 118 Å². The quantitative estimate of drug-likeness (QED) is 0.580. The molecule has 1 aliphatic carbocycles. The number of ether oxygens (including phenoxy) is 1. The first kappa shape index (κ1) is 15.0. The maximum Gasteiger partial charge on any atom is 0.308 e. The number of amides is 2. The van der Waals surface area contributed by atoms with Gasteiger partial charge in [0.25, 0.3) is 0 Å². The normalized spacial score (nSPS) is 30.6. The largest absolute Gasteiger partial charge is 0.466 e. The lowest BCUT2D eigenvalue weighted by molar-refractivity contribution is -0.149. The summed E-state index contributed by atoms with van der Waals surface area (Å²) in [6.07, 6.45) is 0.217. The molecule has 0 spiro atoms. The second-order valence-corrected chi connectivity index (χ2v) is 5.74. The molecule has 2 aliphatic rings. The fraction of sp³-hybridized carbons (Fsp3) is 0.786. The summed E-state index contributed by atoms with van der Waals surface area (Å²) in [5.74, 6) is -0.989. The van der Waals surface area contributed by atoms with E-state index in [2.05, 4.69) is 0 Å². The van der Waals surface area contributed by atoms with Crippen molar-refractivity contribution in [2.75, 3.05) is 13.2 Å². The predicted molar refractivity (Wildman–Crippen MR) is 69.4 cm³/mol.